The SMILES string of the molecule is CN(C)c1ccc([C@@H]2C(C#N)=C(N)N(N(C)C)C3=C2C(=O)CCC3)cc1. The lowest BCUT2D eigenvalue weighted by Gasteiger charge is -2.42. The van der Waals surface area contributed by atoms with E-state index < -0.39 is 5.92 Å². The summed E-state index contributed by atoms with van der Waals surface area (Å²) in [5.74, 6) is 0.128. The second-order valence-electron chi connectivity index (χ2n) is 7.13. The molecule has 0 aromatic heterocycles. The van der Waals surface area contributed by atoms with E-state index in [1.54, 1.807) is 0 Å². The third kappa shape index (κ3) is 2.85. The van der Waals surface area contributed by atoms with Crippen LogP contribution in [0.1, 0.15) is 30.7 Å². The molecule has 1 aliphatic carbocycles. The second-order valence-corrected chi connectivity index (χ2v) is 7.13. The molecule has 1 aromatic rings. The van der Waals surface area contributed by atoms with Gasteiger partial charge in [0.05, 0.1) is 17.6 Å². The molecule has 0 unspecified atom stereocenters. The molecule has 1 atom stereocenters. The molecule has 0 saturated heterocycles. The Morgan fingerprint density at radius 3 is 2.35 bits per heavy atom. The molecule has 0 fully saturated rings. The standard InChI is InChI=1S/C20H25N5O/c1-23(2)14-10-8-13(9-11-14)18-15(12-21)20(22)25(24(3)4)16-6-5-7-17(26)19(16)18/h8-11,18H,5-7,22H2,1-4H3/t18-/m1/s1. The molecule has 3 rings (SSSR count). The molecule has 0 amide bonds. The van der Waals surface area contributed by atoms with Crippen molar-refractivity contribution in [3.8, 4) is 6.07 Å². The molecular weight excluding hydrogens is 326 g/mol. The molecule has 136 valence electrons. The Kier molecular flexibility index (Phi) is 4.75. The van der Waals surface area contributed by atoms with Gasteiger partial charge in [0.2, 0.25) is 0 Å². The first-order chi connectivity index (χ1) is 12.4. The highest BCUT2D eigenvalue weighted by Gasteiger charge is 2.40. The average Bonchev–Trinajstić information content (AvgIpc) is 2.60. The number of Topliss-reactive ketones (excluding diaryl/α,β-unsaturated/α-hetero) is 1. The zero-order chi connectivity index (χ0) is 19.0. The van der Waals surface area contributed by atoms with Crippen molar-refractivity contribution in [2.45, 2.75) is 25.2 Å². The molecule has 0 radical (unpaired) electrons. The van der Waals surface area contributed by atoms with Gasteiger partial charge < -0.3 is 10.6 Å². The van der Waals surface area contributed by atoms with Crippen LogP contribution in [0.4, 0.5) is 5.69 Å². The van der Waals surface area contributed by atoms with Gasteiger partial charge in [0.15, 0.2) is 5.78 Å². The number of hydrogen-bond donors (Lipinski definition) is 1. The summed E-state index contributed by atoms with van der Waals surface area (Å²) in [6, 6.07) is 10.3. The Labute approximate surface area is 154 Å². The Morgan fingerprint density at radius 2 is 1.81 bits per heavy atom. The van der Waals surface area contributed by atoms with E-state index in [0.717, 1.165) is 29.8 Å². The van der Waals surface area contributed by atoms with Gasteiger partial charge >= 0.3 is 0 Å². The molecule has 0 spiro atoms. The van der Waals surface area contributed by atoms with Gasteiger partial charge in [-0.05, 0) is 30.5 Å². The predicted octanol–water partition coefficient (Wildman–Crippen LogP) is 2.33. The van der Waals surface area contributed by atoms with Crippen LogP contribution in [-0.4, -0.2) is 44.0 Å². The molecule has 1 heterocycles. The van der Waals surface area contributed by atoms with Crippen molar-refractivity contribution in [1.29, 1.82) is 5.26 Å². The van der Waals surface area contributed by atoms with E-state index in [0.29, 0.717) is 23.4 Å². The number of ketones is 1. The molecule has 0 bridgehead atoms. The van der Waals surface area contributed by atoms with Crippen LogP contribution < -0.4 is 10.6 Å². The van der Waals surface area contributed by atoms with Gasteiger partial charge in [-0.1, -0.05) is 12.1 Å². The van der Waals surface area contributed by atoms with Crippen LogP contribution in [0.25, 0.3) is 0 Å². The number of nitriles is 1. The summed E-state index contributed by atoms with van der Waals surface area (Å²) in [7, 11) is 7.71. The highest BCUT2D eigenvalue weighted by molar-refractivity contribution is 5.99. The number of nitrogens with zero attached hydrogens (tertiary/aromatic N) is 4. The zero-order valence-corrected chi connectivity index (χ0v) is 15.8. The fraction of sp³-hybridized carbons (Fsp3) is 0.400. The van der Waals surface area contributed by atoms with E-state index in [-0.39, 0.29) is 5.78 Å². The monoisotopic (exact) mass is 351 g/mol. The van der Waals surface area contributed by atoms with E-state index >= 15 is 0 Å². The number of carbonyl (C=O) groups excluding carboxylic acids is 1. The summed E-state index contributed by atoms with van der Waals surface area (Å²) < 4.78 is 0. The van der Waals surface area contributed by atoms with Crippen molar-refractivity contribution in [1.82, 2.24) is 10.0 Å². The Morgan fingerprint density at radius 1 is 1.15 bits per heavy atom. The largest absolute Gasteiger partial charge is 0.383 e. The summed E-state index contributed by atoms with van der Waals surface area (Å²) >= 11 is 0. The minimum atomic E-state index is -0.393. The Balaban J connectivity index is 2.19. The van der Waals surface area contributed by atoms with Crippen LogP contribution in [0.5, 0.6) is 0 Å². The molecular formula is C20H25N5O. The number of carbonyl (C=O) groups is 1. The minimum absolute atomic E-state index is 0.111. The summed E-state index contributed by atoms with van der Waals surface area (Å²) in [6.07, 6.45) is 2.11. The van der Waals surface area contributed by atoms with Crippen LogP contribution in [0, 0.1) is 11.3 Å². The summed E-state index contributed by atoms with van der Waals surface area (Å²) in [5.41, 5.74) is 10.4. The van der Waals surface area contributed by atoms with E-state index in [4.69, 9.17) is 5.73 Å². The molecule has 6 heteroatoms. The number of hydrogen-bond acceptors (Lipinski definition) is 6. The number of nitrogens with two attached hydrogens (primary N) is 1. The number of allylic oxidation sites excluding steroid dienone is 3. The van der Waals surface area contributed by atoms with Crippen molar-refractivity contribution in [2.75, 3.05) is 33.1 Å². The fourth-order valence-electron chi connectivity index (χ4n) is 3.82. The lowest BCUT2D eigenvalue weighted by Crippen LogP contribution is -2.45. The Bertz CT molecular complexity index is 827. The van der Waals surface area contributed by atoms with E-state index in [9.17, 15) is 10.1 Å². The van der Waals surface area contributed by atoms with E-state index in [2.05, 4.69) is 6.07 Å². The van der Waals surface area contributed by atoms with E-state index in [1.165, 1.54) is 0 Å². The van der Waals surface area contributed by atoms with Gasteiger partial charge in [-0.3, -0.25) is 9.80 Å². The summed E-state index contributed by atoms with van der Waals surface area (Å²) in [6.45, 7) is 0. The quantitative estimate of drug-likeness (QED) is 0.901. The van der Waals surface area contributed by atoms with Crippen LogP contribution in [-0.2, 0) is 4.79 Å². The number of hydrazine groups is 1. The van der Waals surface area contributed by atoms with Crippen LogP contribution in [0.3, 0.4) is 0 Å². The molecule has 6 nitrogen and oxygen atoms in total. The van der Waals surface area contributed by atoms with Crippen molar-refractivity contribution in [2.24, 2.45) is 5.73 Å². The minimum Gasteiger partial charge on any atom is -0.383 e. The van der Waals surface area contributed by atoms with Crippen molar-refractivity contribution in [3.63, 3.8) is 0 Å². The third-order valence-corrected chi connectivity index (χ3v) is 5.03. The first-order valence-electron chi connectivity index (χ1n) is 8.77. The van der Waals surface area contributed by atoms with Crippen LogP contribution >= 0.6 is 0 Å². The fourth-order valence-corrected chi connectivity index (χ4v) is 3.82. The molecule has 0 saturated carbocycles. The highest BCUT2D eigenvalue weighted by Crippen LogP contribution is 2.44. The van der Waals surface area contributed by atoms with Crippen LogP contribution in [0.2, 0.25) is 0 Å². The zero-order valence-electron chi connectivity index (χ0n) is 15.8. The molecule has 26 heavy (non-hydrogen) atoms. The lowest BCUT2D eigenvalue weighted by molar-refractivity contribution is -0.116. The first kappa shape index (κ1) is 18.0. The maximum atomic E-state index is 12.8. The molecule has 1 aromatic carbocycles. The van der Waals surface area contributed by atoms with Gasteiger partial charge in [0, 0.05) is 51.6 Å². The topological polar surface area (TPSA) is 76.6 Å². The Hall–Kier alpha value is -2.78. The van der Waals surface area contributed by atoms with Gasteiger partial charge in [0.1, 0.15) is 5.82 Å². The normalized spacial score (nSPS) is 20.4. The molecule has 2 N–H and O–H groups in total. The summed E-state index contributed by atoms with van der Waals surface area (Å²) in [4.78, 5) is 14.9. The van der Waals surface area contributed by atoms with Crippen molar-refractivity contribution < 1.29 is 4.79 Å². The van der Waals surface area contributed by atoms with Gasteiger partial charge in [-0.15, -0.1) is 0 Å². The number of benzene rings is 1. The van der Waals surface area contributed by atoms with Gasteiger partial charge in [0.25, 0.3) is 0 Å². The average molecular weight is 351 g/mol. The molecule has 1 aliphatic heterocycles. The summed E-state index contributed by atoms with van der Waals surface area (Å²) in [5, 5.41) is 13.5. The first-order valence-corrected chi connectivity index (χ1v) is 8.77. The van der Waals surface area contributed by atoms with Gasteiger partial charge in [-0.2, -0.15) is 5.26 Å². The third-order valence-electron chi connectivity index (χ3n) is 5.03. The predicted molar refractivity (Wildman–Crippen MR) is 102 cm³/mol. The lowest BCUT2D eigenvalue weighted by atomic mass is 9.76. The number of rotatable bonds is 3. The smallest absolute Gasteiger partial charge is 0.161 e. The van der Waals surface area contributed by atoms with E-state index in [1.807, 2.05) is 67.4 Å². The second kappa shape index (κ2) is 6.85. The number of anilines is 1. The maximum Gasteiger partial charge on any atom is 0.161 e. The molecule has 2 aliphatic rings. The van der Waals surface area contributed by atoms with Crippen molar-refractivity contribution >= 4 is 11.5 Å². The maximum absolute atomic E-state index is 12.8. The van der Waals surface area contributed by atoms with Gasteiger partial charge in [-0.25, -0.2) is 5.01 Å². The van der Waals surface area contributed by atoms with Crippen LogP contribution in [0.15, 0.2) is 46.9 Å². The highest BCUT2D eigenvalue weighted by atomic mass is 16.1. The van der Waals surface area contributed by atoms with Crippen molar-refractivity contribution in [3.05, 3.63) is 52.5 Å².